The van der Waals surface area contributed by atoms with Crippen molar-refractivity contribution in [1.29, 1.82) is 0 Å². The Kier molecular flexibility index (Phi) is 43.5. The summed E-state index contributed by atoms with van der Waals surface area (Å²) in [6, 6.07) is 24.3. The molecule has 3 amide bonds. The number of nitrogens with one attached hydrogen (secondary N) is 3. The standard InChI is InChI=1S/C72H120N4O3/c1-4-7-10-13-16-19-22-25-28-31-34-37-40-43-52-59-68(77)73-66-62-63-67(76(64-55-48-46-49-56-64)65-57-50-47-51-58-65)72(75-70(79)61-54-45-42-39-36-33-30-27-24-21-18-15-12-9-6-3)71(66)74-69(78)60-53-44-41-38-35-32-29-26-23-20-17-14-11-8-5-2/h46-51,55-58,62-63H,4-45,52-54,59-61H2,1-3H3,(H,73,77)(H,74,78)(H,75,79). The zero-order valence-electron chi connectivity index (χ0n) is 51.5. The molecule has 79 heavy (non-hydrogen) atoms. The molecule has 7 heteroatoms. The van der Waals surface area contributed by atoms with Crippen LogP contribution in [0.2, 0.25) is 0 Å². The molecule has 0 fully saturated rings. The van der Waals surface area contributed by atoms with Gasteiger partial charge in [-0.2, -0.15) is 0 Å². The van der Waals surface area contributed by atoms with Crippen molar-refractivity contribution in [2.75, 3.05) is 20.9 Å². The molecule has 0 aliphatic rings. The van der Waals surface area contributed by atoms with Gasteiger partial charge in [-0.1, -0.05) is 327 Å². The van der Waals surface area contributed by atoms with Crippen molar-refractivity contribution < 1.29 is 14.4 Å². The first kappa shape index (κ1) is 69.1. The number of carbonyl (C=O) groups excluding carboxylic acids is 3. The lowest BCUT2D eigenvalue weighted by atomic mass is 10.0. The first-order chi connectivity index (χ1) is 39.0. The molecule has 0 heterocycles. The predicted octanol–water partition coefficient (Wildman–Crippen LogP) is 23.8. The van der Waals surface area contributed by atoms with E-state index in [9.17, 15) is 14.4 Å². The number of unbranched alkanes of at least 4 members (excludes halogenated alkanes) is 42. The average Bonchev–Trinajstić information content (AvgIpc) is 3.55. The van der Waals surface area contributed by atoms with Crippen LogP contribution < -0.4 is 20.9 Å². The molecule has 3 aromatic rings. The Balaban J connectivity index is 1.67. The van der Waals surface area contributed by atoms with Crippen molar-refractivity contribution >= 4 is 51.8 Å². The van der Waals surface area contributed by atoms with Gasteiger partial charge in [0.1, 0.15) is 0 Å². The molecule has 3 aromatic carbocycles. The van der Waals surface area contributed by atoms with Crippen LogP contribution in [0.5, 0.6) is 0 Å². The number of nitrogens with zero attached hydrogens (tertiary/aromatic N) is 1. The molecule has 7 nitrogen and oxygen atoms in total. The predicted molar refractivity (Wildman–Crippen MR) is 346 cm³/mol. The van der Waals surface area contributed by atoms with E-state index in [1.54, 1.807) is 0 Å². The topological polar surface area (TPSA) is 90.5 Å². The highest BCUT2D eigenvalue weighted by atomic mass is 16.2. The van der Waals surface area contributed by atoms with Gasteiger partial charge < -0.3 is 20.9 Å². The van der Waals surface area contributed by atoms with Gasteiger partial charge in [0.05, 0.1) is 22.7 Å². The molecule has 0 unspecified atom stereocenters. The number of benzene rings is 3. The molecule has 446 valence electrons. The molecule has 0 aromatic heterocycles. The Labute approximate surface area is 486 Å². The number of para-hydroxylation sites is 2. The molecule has 3 N–H and O–H groups in total. The first-order valence-electron chi connectivity index (χ1n) is 33.9. The third-order valence-electron chi connectivity index (χ3n) is 16.3. The minimum absolute atomic E-state index is 0.0709. The Morgan fingerprint density at radius 1 is 0.278 bits per heavy atom. The number of amides is 3. The van der Waals surface area contributed by atoms with E-state index in [-0.39, 0.29) is 17.7 Å². The zero-order chi connectivity index (χ0) is 56.3. The van der Waals surface area contributed by atoms with Crippen LogP contribution in [0.3, 0.4) is 0 Å². The van der Waals surface area contributed by atoms with Crippen LogP contribution in [-0.4, -0.2) is 17.7 Å². The van der Waals surface area contributed by atoms with Crippen molar-refractivity contribution in [2.24, 2.45) is 0 Å². The second kappa shape index (κ2) is 49.7. The fraction of sp³-hybridized carbons (Fsp3) is 0.708. The number of hydrogen-bond donors (Lipinski definition) is 3. The summed E-state index contributed by atoms with van der Waals surface area (Å²) >= 11 is 0. The van der Waals surface area contributed by atoms with Gasteiger partial charge in [-0.05, 0) is 55.7 Å². The van der Waals surface area contributed by atoms with E-state index in [0.717, 1.165) is 74.8 Å². The molecule has 3 rings (SSSR count). The third kappa shape index (κ3) is 35.4. The minimum Gasteiger partial charge on any atom is -0.324 e. The van der Waals surface area contributed by atoms with Crippen molar-refractivity contribution in [3.8, 4) is 0 Å². The summed E-state index contributed by atoms with van der Waals surface area (Å²) < 4.78 is 0. The number of carbonyl (C=O) groups is 3. The van der Waals surface area contributed by atoms with Crippen LogP contribution in [-0.2, 0) is 14.4 Å². The van der Waals surface area contributed by atoms with E-state index in [4.69, 9.17) is 0 Å². The summed E-state index contributed by atoms with van der Waals surface area (Å²) in [6.45, 7) is 6.85. The van der Waals surface area contributed by atoms with E-state index in [0.29, 0.717) is 36.3 Å². The summed E-state index contributed by atoms with van der Waals surface area (Å²) in [5, 5.41) is 9.85. The summed E-state index contributed by atoms with van der Waals surface area (Å²) in [5.41, 5.74) is 4.05. The molecule has 0 atom stereocenters. The highest BCUT2D eigenvalue weighted by Gasteiger charge is 2.24. The molecule has 0 spiro atoms. The van der Waals surface area contributed by atoms with Crippen LogP contribution in [0.1, 0.15) is 329 Å². The summed E-state index contributed by atoms with van der Waals surface area (Å²) in [6.07, 6.45) is 58.4. The molecule has 0 aliphatic carbocycles. The molecule has 0 bridgehead atoms. The summed E-state index contributed by atoms with van der Waals surface area (Å²) in [4.78, 5) is 44.4. The van der Waals surface area contributed by atoms with E-state index < -0.39 is 0 Å². The Bertz CT molecular complexity index is 1860. The SMILES string of the molecule is CCCCCCCCCCCCCCCCCC(=O)Nc1ccc(N(c2ccccc2)c2ccccc2)c(NC(=O)CCCCCCCCCCCCCCCCC)c1NC(=O)CCCCCCCCCCCCCCCCC. The van der Waals surface area contributed by atoms with Crippen molar-refractivity contribution in [2.45, 2.75) is 329 Å². The lowest BCUT2D eigenvalue weighted by Crippen LogP contribution is -2.22. The number of hydrogen-bond acceptors (Lipinski definition) is 4. The fourth-order valence-electron chi connectivity index (χ4n) is 11.3. The Morgan fingerprint density at radius 3 is 0.797 bits per heavy atom. The lowest BCUT2D eigenvalue weighted by Gasteiger charge is -2.30. The number of anilines is 6. The van der Waals surface area contributed by atoms with Crippen molar-refractivity contribution in [3.63, 3.8) is 0 Å². The largest absolute Gasteiger partial charge is 0.324 e. The minimum atomic E-state index is -0.103. The van der Waals surface area contributed by atoms with Crippen LogP contribution in [0.25, 0.3) is 0 Å². The third-order valence-corrected chi connectivity index (χ3v) is 16.3. The first-order valence-corrected chi connectivity index (χ1v) is 33.9. The molecule has 0 saturated carbocycles. The van der Waals surface area contributed by atoms with Gasteiger partial charge in [-0.25, -0.2) is 0 Å². The Morgan fingerprint density at radius 2 is 0.519 bits per heavy atom. The molecule has 0 radical (unpaired) electrons. The highest BCUT2D eigenvalue weighted by Crippen LogP contribution is 2.46. The van der Waals surface area contributed by atoms with Crippen molar-refractivity contribution in [3.05, 3.63) is 72.8 Å². The maximum atomic E-state index is 14.2. The summed E-state index contributed by atoms with van der Waals surface area (Å²) in [5.74, 6) is -0.261. The maximum absolute atomic E-state index is 14.2. The molecule has 0 saturated heterocycles. The second-order valence-electron chi connectivity index (χ2n) is 23.6. The van der Waals surface area contributed by atoms with E-state index in [2.05, 4.69) is 65.9 Å². The average molecular weight is 1090 g/mol. The Hall–Kier alpha value is -4.13. The van der Waals surface area contributed by atoms with Gasteiger partial charge in [-0.3, -0.25) is 14.4 Å². The molecular weight excluding hydrogens is 969 g/mol. The van der Waals surface area contributed by atoms with Gasteiger partial charge in [-0.15, -0.1) is 0 Å². The lowest BCUT2D eigenvalue weighted by molar-refractivity contribution is -0.117. The summed E-state index contributed by atoms with van der Waals surface area (Å²) in [7, 11) is 0. The second-order valence-corrected chi connectivity index (χ2v) is 23.6. The molecular formula is C72H120N4O3. The van der Waals surface area contributed by atoms with E-state index >= 15 is 0 Å². The zero-order valence-corrected chi connectivity index (χ0v) is 51.5. The number of rotatable bonds is 54. The van der Waals surface area contributed by atoms with Gasteiger partial charge >= 0.3 is 0 Å². The normalized spacial score (nSPS) is 11.3. The van der Waals surface area contributed by atoms with Gasteiger partial charge in [0.15, 0.2) is 0 Å². The monoisotopic (exact) mass is 1090 g/mol. The van der Waals surface area contributed by atoms with E-state index in [1.165, 1.54) is 231 Å². The highest BCUT2D eigenvalue weighted by molar-refractivity contribution is 6.10. The van der Waals surface area contributed by atoms with Crippen LogP contribution >= 0.6 is 0 Å². The van der Waals surface area contributed by atoms with E-state index in [1.807, 2.05) is 48.5 Å². The van der Waals surface area contributed by atoms with Crippen LogP contribution in [0.15, 0.2) is 72.8 Å². The fourth-order valence-corrected chi connectivity index (χ4v) is 11.3. The quantitative estimate of drug-likeness (QED) is 0.0491. The maximum Gasteiger partial charge on any atom is 0.224 e. The van der Waals surface area contributed by atoms with Crippen LogP contribution in [0, 0.1) is 0 Å². The van der Waals surface area contributed by atoms with Gasteiger partial charge in [0.2, 0.25) is 17.7 Å². The van der Waals surface area contributed by atoms with Crippen LogP contribution in [0.4, 0.5) is 34.1 Å². The van der Waals surface area contributed by atoms with Crippen molar-refractivity contribution in [1.82, 2.24) is 0 Å². The smallest absolute Gasteiger partial charge is 0.224 e. The molecule has 0 aliphatic heterocycles. The van der Waals surface area contributed by atoms with Gasteiger partial charge in [0, 0.05) is 30.6 Å². The van der Waals surface area contributed by atoms with Gasteiger partial charge in [0.25, 0.3) is 0 Å².